The third-order valence-electron chi connectivity index (χ3n) is 3.21. The van der Waals surface area contributed by atoms with E-state index in [1.165, 1.54) is 17.8 Å². The summed E-state index contributed by atoms with van der Waals surface area (Å²) < 4.78 is 13.0. The van der Waals surface area contributed by atoms with Crippen LogP contribution in [0.1, 0.15) is 25.0 Å². The number of halogens is 1. The molecule has 0 spiro atoms. The number of hydrogen-bond donors (Lipinski definition) is 1. The maximum Gasteiger partial charge on any atom is 0.141 e. The maximum atomic E-state index is 13.0. The van der Waals surface area contributed by atoms with Gasteiger partial charge in [-0.3, -0.25) is 4.98 Å². The van der Waals surface area contributed by atoms with Crippen LogP contribution >= 0.6 is 0 Å². The van der Waals surface area contributed by atoms with Crippen LogP contribution in [0.15, 0.2) is 48.8 Å². The highest BCUT2D eigenvalue weighted by molar-refractivity contribution is 5.24. The lowest BCUT2D eigenvalue weighted by atomic mass is 9.84. The Morgan fingerprint density at radius 3 is 2.58 bits per heavy atom. The van der Waals surface area contributed by atoms with Gasteiger partial charge in [-0.1, -0.05) is 44.2 Å². The van der Waals surface area contributed by atoms with Crippen LogP contribution in [0, 0.1) is 5.82 Å². The molecule has 19 heavy (non-hydrogen) atoms. The van der Waals surface area contributed by atoms with Crippen LogP contribution in [0.2, 0.25) is 0 Å². The molecular weight excluding hydrogens is 239 g/mol. The topological polar surface area (TPSA) is 24.9 Å². The third kappa shape index (κ3) is 3.86. The van der Waals surface area contributed by atoms with E-state index in [-0.39, 0.29) is 11.2 Å². The molecule has 0 bridgehead atoms. The van der Waals surface area contributed by atoms with Crippen molar-refractivity contribution in [2.75, 3.05) is 6.54 Å². The molecule has 0 aliphatic carbocycles. The molecule has 2 aromatic rings. The van der Waals surface area contributed by atoms with Crippen LogP contribution in [-0.4, -0.2) is 11.5 Å². The second-order valence-corrected chi connectivity index (χ2v) is 5.36. The lowest BCUT2D eigenvalue weighted by Crippen LogP contribution is -2.32. The Labute approximate surface area is 113 Å². The number of aromatic nitrogens is 1. The molecule has 2 nitrogen and oxygen atoms in total. The zero-order valence-corrected chi connectivity index (χ0v) is 11.4. The van der Waals surface area contributed by atoms with Crippen molar-refractivity contribution in [3.8, 4) is 0 Å². The number of nitrogens with zero attached hydrogens (tertiary/aromatic N) is 1. The van der Waals surface area contributed by atoms with E-state index < -0.39 is 0 Å². The summed E-state index contributed by atoms with van der Waals surface area (Å²) in [7, 11) is 0. The fraction of sp³-hybridized carbons (Fsp3) is 0.312. The van der Waals surface area contributed by atoms with E-state index in [1.807, 2.05) is 18.2 Å². The van der Waals surface area contributed by atoms with E-state index in [9.17, 15) is 4.39 Å². The largest absolute Gasteiger partial charge is 0.312 e. The summed E-state index contributed by atoms with van der Waals surface area (Å²) in [6.07, 6.45) is 2.91. The van der Waals surface area contributed by atoms with Gasteiger partial charge in [-0.2, -0.15) is 0 Å². The predicted molar refractivity (Wildman–Crippen MR) is 75.4 cm³/mol. The Morgan fingerprint density at radius 1 is 1.16 bits per heavy atom. The molecular formula is C16H19FN2. The minimum atomic E-state index is -0.290. The van der Waals surface area contributed by atoms with Crippen molar-refractivity contribution in [1.29, 1.82) is 0 Å². The highest BCUT2D eigenvalue weighted by Crippen LogP contribution is 2.21. The monoisotopic (exact) mass is 258 g/mol. The number of pyridine rings is 1. The minimum Gasteiger partial charge on any atom is -0.312 e. The van der Waals surface area contributed by atoms with E-state index >= 15 is 0 Å². The van der Waals surface area contributed by atoms with Gasteiger partial charge in [-0.05, 0) is 17.2 Å². The lowest BCUT2D eigenvalue weighted by molar-refractivity contribution is 0.468. The Balaban J connectivity index is 1.92. The smallest absolute Gasteiger partial charge is 0.141 e. The summed E-state index contributed by atoms with van der Waals surface area (Å²) in [6.45, 7) is 5.84. The molecule has 0 fully saturated rings. The van der Waals surface area contributed by atoms with Crippen molar-refractivity contribution in [3.05, 3.63) is 65.7 Å². The van der Waals surface area contributed by atoms with Crippen LogP contribution in [0.3, 0.4) is 0 Å². The molecule has 0 atom stereocenters. The van der Waals surface area contributed by atoms with Crippen molar-refractivity contribution in [2.45, 2.75) is 25.8 Å². The first-order valence-electron chi connectivity index (χ1n) is 6.43. The molecule has 0 aliphatic rings. The van der Waals surface area contributed by atoms with Crippen LogP contribution < -0.4 is 5.32 Å². The second-order valence-electron chi connectivity index (χ2n) is 5.36. The van der Waals surface area contributed by atoms with Gasteiger partial charge in [0.05, 0.1) is 6.20 Å². The normalized spacial score (nSPS) is 11.5. The lowest BCUT2D eigenvalue weighted by Gasteiger charge is -2.25. The van der Waals surface area contributed by atoms with Crippen molar-refractivity contribution in [3.63, 3.8) is 0 Å². The average Bonchev–Trinajstić information content (AvgIpc) is 2.40. The first kappa shape index (κ1) is 13.7. The molecule has 1 heterocycles. The number of hydrogen-bond acceptors (Lipinski definition) is 2. The van der Waals surface area contributed by atoms with Crippen molar-refractivity contribution >= 4 is 0 Å². The van der Waals surface area contributed by atoms with Gasteiger partial charge in [0.2, 0.25) is 0 Å². The Kier molecular flexibility index (Phi) is 4.27. The van der Waals surface area contributed by atoms with Gasteiger partial charge < -0.3 is 5.32 Å². The number of benzene rings is 1. The Hall–Kier alpha value is -1.74. The van der Waals surface area contributed by atoms with E-state index in [1.54, 1.807) is 6.20 Å². The summed E-state index contributed by atoms with van der Waals surface area (Å²) in [6, 6.07) is 11.9. The maximum absolute atomic E-state index is 13.0. The zero-order valence-electron chi connectivity index (χ0n) is 11.4. The fourth-order valence-corrected chi connectivity index (χ4v) is 2.06. The van der Waals surface area contributed by atoms with Gasteiger partial charge in [0, 0.05) is 24.7 Å². The summed E-state index contributed by atoms with van der Waals surface area (Å²) >= 11 is 0. The van der Waals surface area contributed by atoms with Gasteiger partial charge in [0.25, 0.3) is 0 Å². The standard InChI is InChI=1S/C16H19FN2/c1-16(2,14-6-4-3-5-7-14)12-19-10-13-8-15(17)11-18-9-13/h3-9,11,19H,10,12H2,1-2H3. The SMILES string of the molecule is CC(C)(CNCc1cncc(F)c1)c1ccccc1. The summed E-state index contributed by atoms with van der Waals surface area (Å²) in [5, 5.41) is 3.36. The fourth-order valence-electron chi connectivity index (χ4n) is 2.06. The highest BCUT2D eigenvalue weighted by Gasteiger charge is 2.19. The molecule has 0 radical (unpaired) electrons. The Bertz CT molecular complexity index is 523. The average molecular weight is 258 g/mol. The minimum absolute atomic E-state index is 0.0437. The van der Waals surface area contributed by atoms with E-state index in [2.05, 4.69) is 36.3 Å². The Morgan fingerprint density at radius 2 is 1.89 bits per heavy atom. The summed E-state index contributed by atoms with van der Waals surface area (Å²) in [5.74, 6) is -0.290. The van der Waals surface area contributed by atoms with Crippen LogP contribution in [0.5, 0.6) is 0 Å². The molecule has 0 amide bonds. The molecule has 0 saturated carbocycles. The molecule has 3 heteroatoms. The number of nitrogens with one attached hydrogen (secondary N) is 1. The molecule has 100 valence electrons. The van der Waals surface area contributed by atoms with Crippen LogP contribution in [0.25, 0.3) is 0 Å². The highest BCUT2D eigenvalue weighted by atomic mass is 19.1. The molecule has 1 N–H and O–H groups in total. The van der Waals surface area contributed by atoms with Gasteiger partial charge >= 0.3 is 0 Å². The molecule has 0 aliphatic heterocycles. The number of rotatable bonds is 5. The molecule has 1 aromatic heterocycles. The van der Waals surface area contributed by atoms with Crippen molar-refractivity contribution in [2.24, 2.45) is 0 Å². The van der Waals surface area contributed by atoms with Gasteiger partial charge in [-0.15, -0.1) is 0 Å². The van der Waals surface area contributed by atoms with Gasteiger partial charge in [-0.25, -0.2) is 4.39 Å². The van der Waals surface area contributed by atoms with Gasteiger partial charge in [0.1, 0.15) is 5.82 Å². The quantitative estimate of drug-likeness (QED) is 0.890. The zero-order chi connectivity index (χ0) is 13.7. The first-order chi connectivity index (χ1) is 9.08. The molecule has 0 unspecified atom stereocenters. The molecule has 2 rings (SSSR count). The van der Waals surface area contributed by atoms with E-state index in [0.29, 0.717) is 6.54 Å². The summed E-state index contributed by atoms with van der Waals surface area (Å²) in [4.78, 5) is 3.84. The van der Waals surface area contributed by atoms with Crippen LogP contribution in [0.4, 0.5) is 4.39 Å². The second kappa shape index (κ2) is 5.93. The first-order valence-corrected chi connectivity index (χ1v) is 6.43. The molecule has 1 aromatic carbocycles. The third-order valence-corrected chi connectivity index (χ3v) is 3.21. The van der Waals surface area contributed by atoms with Crippen molar-refractivity contribution in [1.82, 2.24) is 10.3 Å². The summed E-state index contributed by atoms with van der Waals surface area (Å²) in [5.41, 5.74) is 2.20. The van der Waals surface area contributed by atoms with Crippen molar-refractivity contribution < 1.29 is 4.39 Å². The van der Waals surface area contributed by atoms with E-state index in [4.69, 9.17) is 0 Å². The van der Waals surface area contributed by atoms with E-state index in [0.717, 1.165) is 12.1 Å². The molecule has 0 saturated heterocycles. The van der Waals surface area contributed by atoms with Gasteiger partial charge in [0.15, 0.2) is 0 Å². The predicted octanol–water partition coefficient (Wildman–Crippen LogP) is 3.29. The van der Waals surface area contributed by atoms with Crippen LogP contribution in [-0.2, 0) is 12.0 Å².